The average Bonchev–Trinajstić information content (AvgIpc) is 3.80. The highest BCUT2D eigenvalue weighted by Gasteiger charge is 2.48. The lowest BCUT2D eigenvalue weighted by molar-refractivity contribution is 0.660. The molecule has 65 heavy (non-hydrogen) atoms. The third kappa shape index (κ3) is 6.28. The van der Waals surface area contributed by atoms with Crippen molar-refractivity contribution in [2.75, 3.05) is 4.90 Å². The summed E-state index contributed by atoms with van der Waals surface area (Å²) in [4.78, 5) is 2.38. The molecular formula is C63H47NSi. The summed E-state index contributed by atoms with van der Waals surface area (Å²) in [6.07, 6.45) is 0. The highest BCUT2D eigenvalue weighted by Crippen LogP contribution is 2.49. The number of benzene rings is 10. The molecule has 10 aromatic carbocycles. The Hall–Kier alpha value is -7.78. The molecule has 0 saturated carbocycles. The van der Waals surface area contributed by atoms with Crippen molar-refractivity contribution in [3.05, 3.63) is 260 Å². The third-order valence-electron chi connectivity index (χ3n) is 14.2. The van der Waals surface area contributed by atoms with Gasteiger partial charge in [0.25, 0.3) is 0 Å². The molecule has 1 heterocycles. The van der Waals surface area contributed by atoms with Gasteiger partial charge in [-0.1, -0.05) is 214 Å². The van der Waals surface area contributed by atoms with Crippen molar-refractivity contribution in [3.8, 4) is 55.6 Å². The van der Waals surface area contributed by atoms with E-state index < -0.39 is 8.07 Å². The fourth-order valence-electron chi connectivity index (χ4n) is 11.0. The van der Waals surface area contributed by atoms with Crippen molar-refractivity contribution < 1.29 is 0 Å². The topological polar surface area (TPSA) is 3.24 Å². The zero-order valence-electron chi connectivity index (χ0n) is 36.6. The molecule has 2 aliphatic rings. The Morgan fingerprint density at radius 3 is 1.25 bits per heavy atom. The van der Waals surface area contributed by atoms with E-state index in [1.165, 1.54) is 87.5 Å². The highest BCUT2D eigenvalue weighted by molar-refractivity contribution is 7.22. The number of hydrogen-bond acceptors (Lipinski definition) is 1. The minimum absolute atomic E-state index is 0.00935. The minimum atomic E-state index is -2.53. The van der Waals surface area contributed by atoms with Gasteiger partial charge in [0.1, 0.15) is 0 Å². The lowest BCUT2D eigenvalue weighted by Gasteiger charge is -2.31. The van der Waals surface area contributed by atoms with Crippen molar-refractivity contribution in [1.29, 1.82) is 0 Å². The Morgan fingerprint density at radius 2 is 0.677 bits per heavy atom. The zero-order chi connectivity index (χ0) is 43.5. The summed E-state index contributed by atoms with van der Waals surface area (Å²) in [5.74, 6) is 0. The first kappa shape index (κ1) is 38.9. The molecule has 1 aliphatic carbocycles. The summed E-state index contributed by atoms with van der Waals surface area (Å²) in [6, 6.07) is 92.6. The molecule has 0 N–H and O–H groups in total. The van der Waals surface area contributed by atoms with E-state index in [1.54, 1.807) is 0 Å². The molecule has 0 spiro atoms. The molecule has 10 aromatic rings. The van der Waals surface area contributed by atoms with Crippen LogP contribution in [0.5, 0.6) is 0 Å². The quantitative estimate of drug-likeness (QED) is 0.138. The molecule has 0 radical (unpaired) electrons. The van der Waals surface area contributed by atoms with E-state index in [2.05, 4.69) is 267 Å². The summed E-state index contributed by atoms with van der Waals surface area (Å²) in [7, 11) is -2.53. The Bertz CT molecular complexity index is 3320. The Balaban J connectivity index is 0.922. The first-order chi connectivity index (χ1) is 32.0. The molecule has 0 unspecified atom stereocenters. The number of nitrogens with zero attached hydrogens (tertiary/aromatic N) is 1. The van der Waals surface area contributed by atoms with E-state index >= 15 is 0 Å². The van der Waals surface area contributed by atoms with E-state index in [0.717, 1.165) is 17.1 Å². The van der Waals surface area contributed by atoms with Gasteiger partial charge in [0.15, 0.2) is 8.07 Å². The van der Waals surface area contributed by atoms with Gasteiger partial charge in [-0.2, -0.15) is 0 Å². The van der Waals surface area contributed by atoms with E-state index in [0.29, 0.717) is 0 Å². The van der Waals surface area contributed by atoms with E-state index in [9.17, 15) is 0 Å². The number of rotatable bonds is 8. The maximum absolute atomic E-state index is 2.53. The van der Waals surface area contributed by atoms with Gasteiger partial charge in [-0.25, -0.2) is 0 Å². The molecule has 308 valence electrons. The monoisotopic (exact) mass is 845 g/mol. The summed E-state index contributed by atoms with van der Waals surface area (Å²) < 4.78 is 0. The van der Waals surface area contributed by atoms with Gasteiger partial charge in [0.05, 0.1) is 0 Å². The van der Waals surface area contributed by atoms with Crippen molar-refractivity contribution in [1.82, 2.24) is 0 Å². The van der Waals surface area contributed by atoms with Crippen LogP contribution in [0.1, 0.15) is 25.0 Å². The first-order valence-electron chi connectivity index (χ1n) is 22.7. The molecule has 1 nitrogen and oxygen atoms in total. The second-order valence-corrected chi connectivity index (χ2v) is 21.8. The fourth-order valence-corrected chi connectivity index (χ4v) is 16.2. The fraction of sp³-hybridized carbons (Fsp3) is 0.0476. The van der Waals surface area contributed by atoms with Crippen molar-refractivity contribution in [3.63, 3.8) is 0 Å². The highest BCUT2D eigenvalue weighted by atomic mass is 28.3. The molecule has 0 aromatic heterocycles. The molecule has 0 atom stereocenters. The van der Waals surface area contributed by atoms with Gasteiger partial charge in [-0.15, -0.1) is 0 Å². The molecule has 0 fully saturated rings. The molecular weight excluding hydrogens is 799 g/mol. The summed E-state index contributed by atoms with van der Waals surface area (Å²) in [5, 5.41) is 5.76. The lowest BCUT2D eigenvalue weighted by Crippen LogP contribution is -2.72. The van der Waals surface area contributed by atoms with Crippen LogP contribution in [0, 0.1) is 0 Å². The lowest BCUT2D eigenvalue weighted by atomic mass is 9.82. The molecule has 1 aliphatic heterocycles. The molecule has 0 bridgehead atoms. The molecule has 12 rings (SSSR count). The van der Waals surface area contributed by atoms with Gasteiger partial charge >= 0.3 is 0 Å². The molecule has 0 saturated heterocycles. The average molecular weight is 846 g/mol. The van der Waals surface area contributed by atoms with Crippen molar-refractivity contribution in [2.45, 2.75) is 19.3 Å². The van der Waals surface area contributed by atoms with Crippen LogP contribution in [0.3, 0.4) is 0 Å². The normalized spacial score (nSPS) is 13.6. The standard InChI is InChI=1S/C63H47NSi/c1-63(2)59-24-14-12-22-55(59)57-42-48(32-40-60(57)63)46-28-36-51(37-29-46)64(50-34-26-45(27-35-50)44-16-6-3-7-17-44)52-38-30-47(31-39-52)49-33-41-62-58(43-49)56-23-13-15-25-61(56)65(62,53-18-8-4-9-19-53)54-20-10-5-11-21-54/h3-43H,1-2H3. The van der Waals surface area contributed by atoms with Crippen LogP contribution >= 0.6 is 0 Å². The third-order valence-corrected chi connectivity index (χ3v) is 19.1. The minimum Gasteiger partial charge on any atom is -0.311 e. The van der Waals surface area contributed by atoms with Gasteiger partial charge in [-0.05, 0) is 136 Å². The number of anilines is 3. The Kier molecular flexibility index (Phi) is 9.26. The predicted octanol–water partition coefficient (Wildman–Crippen LogP) is 13.8. The molecule has 0 amide bonds. The number of fused-ring (bicyclic) bond motifs is 6. The van der Waals surface area contributed by atoms with Crippen LogP contribution in [-0.4, -0.2) is 8.07 Å². The SMILES string of the molecule is CC1(C)c2ccccc2-c2cc(-c3ccc(N(c4ccc(-c5ccccc5)cc4)c4ccc(-c5ccc6c(c5)-c5ccccc5[Si]6(c5ccccc5)c5ccccc5)cc4)cc3)ccc21. The maximum atomic E-state index is 2.45. The Morgan fingerprint density at radius 1 is 0.292 bits per heavy atom. The maximum Gasteiger partial charge on any atom is 0.180 e. The van der Waals surface area contributed by atoms with Crippen molar-refractivity contribution in [2.24, 2.45) is 0 Å². The van der Waals surface area contributed by atoms with Crippen LogP contribution in [0.15, 0.2) is 249 Å². The van der Waals surface area contributed by atoms with E-state index in [4.69, 9.17) is 0 Å². The van der Waals surface area contributed by atoms with Crippen LogP contribution in [-0.2, 0) is 5.41 Å². The zero-order valence-corrected chi connectivity index (χ0v) is 37.6. The molecule has 2 heteroatoms. The smallest absolute Gasteiger partial charge is 0.180 e. The van der Waals surface area contributed by atoms with Gasteiger partial charge in [0, 0.05) is 22.5 Å². The van der Waals surface area contributed by atoms with E-state index in [-0.39, 0.29) is 5.41 Å². The van der Waals surface area contributed by atoms with Crippen LogP contribution < -0.4 is 25.6 Å². The van der Waals surface area contributed by atoms with Crippen LogP contribution in [0.25, 0.3) is 55.6 Å². The second-order valence-electron chi connectivity index (χ2n) is 18.1. The van der Waals surface area contributed by atoms with E-state index in [1.807, 2.05) is 0 Å². The summed E-state index contributed by atoms with van der Waals surface area (Å²) in [6.45, 7) is 4.68. The van der Waals surface area contributed by atoms with Gasteiger partial charge < -0.3 is 4.90 Å². The predicted molar refractivity (Wildman–Crippen MR) is 278 cm³/mol. The second kappa shape index (κ2) is 15.5. The summed E-state index contributed by atoms with van der Waals surface area (Å²) in [5.41, 5.74) is 18.8. The first-order valence-corrected chi connectivity index (χ1v) is 24.7. The number of hydrogen-bond donors (Lipinski definition) is 0. The van der Waals surface area contributed by atoms with Gasteiger partial charge in [0.2, 0.25) is 0 Å². The van der Waals surface area contributed by atoms with Crippen LogP contribution in [0.2, 0.25) is 0 Å². The largest absolute Gasteiger partial charge is 0.311 e. The van der Waals surface area contributed by atoms with Crippen molar-refractivity contribution >= 4 is 45.9 Å². The van der Waals surface area contributed by atoms with Crippen LogP contribution in [0.4, 0.5) is 17.1 Å². The summed E-state index contributed by atoms with van der Waals surface area (Å²) >= 11 is 0. The van der Waals surface area contributed by atoms with Gasteiger partial charge in [-0.3, -0.25) is 0 Å². The Labute approximate surface area is 383 Å².